The predicted molar refractivity (Wildman–Crippen MR) is 235 cm³/mol. The molecule has 0 aliphatic rings. The maximum atomic E-state index is 12.7. The number of anilines is 1. The summed E-state index contributed by atoms with van der Waals surface area (Å²) in [6.45, 7) is -0.908. The van der Waals surface area contributed by atoms with Crippen molar-refractivity contribution >= 4 is 123 Å². The van der Waals surface area contributed by atoms with Gasteiger partial charge in [0.05, 0.1) is 39.7 Å². The molecule has 6 aromatic rings. The van der Waals surface area contributed by atoms with Crippen LogP contribution in [-0.4, -0.2) is 106 Å². The third-order valence-corrected chi connectivity index (χ3v) is 14.5. The fraction of sp³-hybridized carbons (Fsp3) is 0.0606. The standard InChI is InChI=1S/C33H27ClN10O19S6/c34-31-38-32(36-17-4-3-5-19(14-17)64(46,47)11-10-63-69(60,61)62)40-33(39-31)37-18-8-9-23(66(51,52)53)21(15-18)42-44-29-25(68(57,58)59)13-16-12-24(67(54,55)56)28(27(35)26(16)30(29)45)43-41-20-6-1-2-7-22(20)65(48,49)50/h1-9,12-15,45H,10-11,35H2,(H,48,49,50)(H,51,52,53)(H,54,55,56)(H,57,58,59)(H,60,61,62)(H2,36,37,38,39,40). The fourth-order valence-electron chi connectivity index (χ4n) is 5.80. The molecule has 1 aromatic heterocycles. The number of nitrogens with zero attached hydrogens (tertiary/aromatic N) is 7. The van der Waals surface area contributed by atoms with Gasteiger partial charge in [-0.3, -0.25) is 27.7 Å². The van der Waals surface area contributed by atoms with E-state index < -0.39 is 138 Å². The lowest BCUT2D eigenvalue weighted by atomic mass is 10.1. The summed E-state index contributed by atoms with van der Waals surface area (Å²) in [7, 11) is -30.1. The van der Waals surface area contributed by atoms with E-state index >= 15 is 0 Å². The second-order valence-corrected chi connectivity index (χ2v) is 22.5. The van der Waals surface area contributed by atoms with Crippen molar-refractivity contribution in [3.8, 4) is 5.75 Å². The van der Waals surface area contributed by atoms with Crippen molar-refractivity contribution in [1.29, 1.82) is 0 Å². The van der Waals surface area contributed by atoms with Gasteiger partial charge < -0.3 is 15.8 Å². The lowest BCUT2D eigenvalue weighted by molar-refractivity contribution is 0.284. The van der Waals surface area contributed by atoms with E-state index in [1.165, 1.54) is 24.3 Å². The molecule has 0 saturated carbocycles. The number of hydrogen-bond acceptors (Lipinski definition) is 22. The molecule has 0 radical (unpaired) electrons. The van der Waals surface area contributed by atoms with Crippen LogP contribution in [0.5, 0.6) is 5.75 Å². The quantitative estimate of drug-likeness (QED) is 0.0402. The number of nitrogens with one attached hydrogen (secondary N) is 2. The molecule has 366 valence electrons. The van der Waals surface area contributed by atoms with Crippen molar-refractivity contribution in [3.05, 3.63) is 95.4 Å². The number of halogens is 1. The number of phenolic OH excluding ortho intramolecular Hbond substituents is 1. The van der Waals surface area contributed by atoms with E-state index in [9.17, 15) is 73.8 Å². The molecule has 69 heavy (non-hydrogen) atoms. The summed E-state index contributed by atoms with van der Waals surface area (Å²) < 4.78 is 199. The second-order valence-electron chi connectivity index (χ2n) is 13.3. The molecule has 0 bridgehead atoms. The fourth-order valence-corrected chi connectivity index (χ4v) is 10.0. The first kappa shape index (κ1) is 51.9. The first-order valence-corrected chi connectivity index (χ1v) is 27.0. The van der Waals surface area contributed by atoms with Crippen molar-refractivity contribution in [2.75, 3.05) is 18.1 Å². The minimum atomic E-state index is -5.50. The average molecular weight is 1100 g/mol. The summed E-state index contributed by atoms with van der Waals surface area (Å²) in [5, 5.41) is 24.3. The van der Waals surface area contributed by atoms with E-state index in [2.05, 4.69) is 49.6 Å². The smallest absolute Gasteiger partial charge is 0.397 e. The molecule has 36 heteroatoms. The van der Waals surface area contributed by atoms with Gasteiger partial charge in [-0.1, -0.05) is 18.2 Å². The van der Waals surface area contributed by atoms with E-state index in [1.54, 1.807) is 0 Å². The third kappa shape index (κ3) is 12.6. The van der Waals surface area contributed by atoms with Crippen molar-refractivity contribution in [2.24, 2.45) is 30.4 Å². The van der Waals surface area contributed by atoms with Crippen molar-refractivity contribution in [3.63, 3.8) is 0 Å². The maximum Gasteiger partial charge on any atom is 0.397 e. The van der Waals surface area contributed by atoms with E-state index in [0.717, 1.165) is 42.5 Å². The van der Waals surface area contributed by atoms with Crippen molar-refractivity contribution in [2.45, 2.75) is 24.5 Å². The number of phenols is 1. The topological polar surface area (TPSA) is 480 Å². The highest BCUT2D eigenvalue weighted by Crippen LogP contribution is 2.48. The van der Waals surface area contributed by atoms with Crippen molar-refractivity contribution in [1.82, 2.24) is 15.0 Å². The number of aromatic amines is 2. The number of aromatic nitrogens is 3. The van der Waals surface area contributed by atoms with Crippen LogP contribution < -0.4 is 17.0 Å². The minimum Gasteiger partial charge on any atom is -0.505 e. The van der Waals surface area contributed by atoms with E-state index in [1.807, 2.05) is 0 Å². The molecule has 0 fully saturated rings. The molecule has 0 atom stereocenters. The van der Waals surface area contributed by atoms with Gasteiger partial charge in [-0.2, -0.15) is 47.1 Å². The van der Waals surface area contributed by atoms with Gasteiger partial charge >= 0.3 is 10.4 Å². The van der Waals surface area contributed by atoms with Gasteiger partial charge in [-0.05, 0) is 77.7 Å². The molecule has 5 aromatic carbocycles. The van der Waals surface area contributed by atoms with Gasteiger partial charge in [-0.15, -0.1) is 20.5 Å². The van der Waals surface area contributed by atoms with Crippen LogP contribution in [0.3, 0.4) is 0 Å². The average Bonchev–Trinajstić information content (AvgIpc) is 3.20. The number of nitrogen functional groups attached to an aromatic ring is 1. The molecule has 0 spiro atoms. The highest BCUT2D eigenvalue weighted by Gasteiger charge is 2.29. The molecule has 6 rings (SSSR count). The Labute approximate surface area is 392 Å². The summed E-state index contributed by atoms with van der Waals surface area (Å²) in [4.78, 5) is 12.7. The zero-order valence-electron chi connectivity index (χ0n) is 33.4. The highest BCUT2D eigenvalue weighted by molar-refractivity contribution is 7.91. The Balaban J connectivity index is 1.48. The molecular formula is C33H27ClN10O19S6. The van der Waals surface area contributed by atoms with Gasteiger partial charge in [0, 0.05) is 0 Å². The Kier molecular flexibility index (Phi) is 14.4. The normalized spacial score (nSPS) is 13.8. The molecule has 1 heterocycles. The lowest BCUT2D eigenvalue weighted by Gasteiger charge is -2.14. The minimum absolute atomic E-state index is 0.0483. The number of fused-ring (bicyclic) bond motifs is 1. The Morgan fingerprint density at radius 2 is 1.17 bits per heavy atom. The number of hydrogen-bond donors (Lipinski definition) is 9. The van der Waals surface area contributed by atoms with Crippen LogP contribution in [0.2, 0.25) is 5.28 Å². The molecule has 29 nitrogen and oxygen atoms in total. The summed E-state index contributed by atoms with van der Waals surface area (Å²) >= 11 is 6.12. The van der Waals surface area contributed by atoms with Gasteiger partial charge in [0.15, 0.2) is 15.6 Å². The van der Waals surface area contributed by atoms with Gasteiger partial charge in [0.25, 0.3) is 40.5 Å². The van der Waals surface area contributed by atoms with Crippen molar-refractivity contribution < 1.29 is 82.6 Å². The largest absolute Gasteiger partial charge is 0.505 e. The van der Waals surface area contributed by atoms with E-state index in [-0.39, 0.29) is 32.8 Å². The van der Waals surface area contributed by atoms with Gasteiger partial charge in [0.2, 0.25) is 16.5 Å². The molecular weight excluding hydrogens is 1070 g/mol. The third-order valence-electron chi connectivity index (χ3n) is 8.64. The maximum absolute atomic E-state index is 12.7. The zero-order chi connectivity index (χ0) is 51.1. The Bertz CT molecular complexity index is 4030. The molecule has 0 unspecified atom stereocenters. The molecule has 0 aliphatic heterocycles. The number of H-pyrrole nitrogens is 2. The summed E-state index contributed by atoms with van der Waals surface area (Å²) in [5.41, 5.74) is 0.783. The summed E-state index contributed by atoms with van der Waals surface area (Å²) in [6.07, 6.45) is 0. The molecule has 0 amide bonds. The van der Waals surface area contributed by atoms with Crippen LogP contribution in [-0.2, 0) is 64.9 Å². The molecule has 0 aliphatic carbocycles. The number of benzene rings is 5. The number of rotatable bonds is 15. The number of aromatic hydroxyl groups is 1. The molecule has 10 N–H and O–H groups in total. The number of sulfone groups is 1. The number of azo groups is 2. The SMILES string of the molecule is Nc1c(N=Nc2ccccc2S(=O)(=O)O)c(S(=O)(=O)O)cc2cc(S(=O)(=O)O)c(N=Nc3cc(N=c4[nH]c(Cl)nc(=Nc5cccc(S(=O)(=O)CCOS(=O)(=O)O)c5)[nH]4)ccc3S(=O)(=O)O)c(O)c12. The second kappa shape index (κ2) is 19.1. The summed E-state index contributed by atoms with van der Waals surface area (Å²) in [5.74, 6) is -2.17. The zero-order valence-corrected chi connectivity index (χ0v) is 39.1. The highest BCUT2D eigenvalue weighted by atomic mass is 35.5. The van der Waals surface area contributed by atoms with E-state index in [4.69, 9.17) is 21.9 Å². The van der Waals surface area contributed by atoms with Gasteiger partial charge in [-0.25, -0.2) is 22.6 Å². The number of nitrogens with two attached hydrogens (primary N) is 1. The van der Waals surface area contributed by atoms with Crippen LogP contribution in [0.15, 0.2) is 134 Å². The summed E-state index contributed by atoms with van der Waals surface area (Å²) in [6, 6.07) is 12.8. The van der Waals surface area contributed by atoms with Crippen LogP contribution in [0.4, 0.5) is 39.8 Å². The van der Waals surface area contributed by atoms with Crippen LogP contribution in [0, 0.1) is 0 Å². The van der Waals surface area contributed by atoms with Crippen LogP contribution in [0.25, 0.3) is 10.8 Å². The predicted octanol–water partition coefficient (Wildman–Crippen LogP) is 3.71. The lowest BCUT2D eigenvalue weighted by Crippen LogP contribution is -2.26. The monoisotopic (exact) mass is 1090 g/mol. The van der Waals surface area contributed by atoms with Gasteiger partial charge in [0.1, 0.15) is 42.3 Å². The van der Waals surface area contributed by atoms with E-state index in [0.29, 0.717) is 12.1 Å². The van der Waals surface area contributed by atoms with Crippen LogP contribution in [0.1, 0.15) is 0 Å². The first-order valence-electron chi connectivity index (χ1n) is 17.8. The Morgan fingerprint density at radius 1 is 0.609 bits per heavy atom. The Hall–Kier alpha value is -6.48. The van der Waals surface area contributed by atoms with Crippen LogP contribution >= 0.6 is 11.6 Å². The molecule has 0 saturated heterocycles. The first-order chi connectivity index (χ1) is 31.8. The Morgan fingerprint density at radius 3 is 1.80 bits per heavy atom.